The van der Waals surface area contributed by atoms with Crippen LogP contribution in [0.15, 0.2) is 178 Å². The molecule has 0 radical (unpaired) electrons. The Morgan fingerprint density at radius 2 is 0.933 bits per heavy atom. The Morgan fingerprint density at radius 1 is 0.477 bits per heavy atom. The Kier molecular flexibility index (Phi) is 45.1. The number of nitrogens with one attached hydrogen (secondary N) is 2. The Labute approximate surface area is 960 Å². The van der Waals surface area contributed by atoms with Crippen molar-refractivity contribution >= 4 is 312 Å². The van der Waals surface area contributed by atoms with Crippen molar-refractivity contribution in [1.29, 1.82) is 0 Å². The zero-order valence-corrected chi connectivity index (χ0v) is 97.6. The predicted molar refractivity (Wildman–Crippen MR) is 615 cm³/mol. The molecule has 1 aliphatic rings. The molecule has 0 saturated heterocycles. The minimum Gasteiger partial charge on any atom is -0.505 e. The summed E-state index contributed by atoms with van der Waals surface area (Å²) in [5, 5.41) is 87.0. The summed E-state index contributed by atoms with van der Waals surface area (Å²) in [6.07, 6.45) is 18.5. The van der Waals surface area contributed by atoms with Crippen LogP contribution in [0, 0.1) is 44.5 Å². The van der Waals surface area contributed by atoms with Crippen molar-refractivity contribution in [3.8, 4) is 46.0 Å². The van der Waals surface area contributed by atoms with Gasteiger partial charge in [0.05, 0.1) is 139 Å². The summed E-state index contributed by atoms with van der Waals surface area (Å²) < 4.78 is 44.0. The number of anilines is 1. The lowest BCUT2D eigenvalue weighted by molar-refractivity contribution is 0.392. The van der Waals surface area contributed by atoms with Gasteiger partial charge in [0.15, 0.2) is 63.1 Å². The van der Waals surface area contributed by atoms with E-state index in [9.17, 15) is 88.0 Å². The maximum Gasteiger partial charge on any atom is 0.281 e. The van der Waals surface area contributed by atoms with Crippen LogP contribution in [0.3, 0.4) is 0 Å². The van der Waals surface area contributed by atoms with Crippen molar-refractivity contribution in [2.45, 2.75) is 120 Å². The average molecular weight is 2730 g/mol. The third-order valence-corrected chi connectivity index (χ3v) is 26.5. The van der Waals surface area contributed by atoms with Crippen LogP contribution >= 0.6 is 229 Å². The number of rotatable bonds is 15. The number of benzene rings is 7. The topological polar surface area (TPSA) is 490 Å². The average Bonchev–Trinajstić information content (AvgIpc) is 1.50. The van der Waals surface area contributed by atoms with Gasteiger partial charge in [-0.3, -0.25) is 75.4 Å². The SMILES string of the molecule is Br.Br.Br.Br.CC(C)Cn1cnc2c(O)c(Cl)cc(Cl)c2c1=O.CCCc1cnc2c(O)cccn2c1=O.CCCn1cnc2c(O)c(Cl)cc(Cl)c2c1=O.CCc1cnc2c(O)c(I)ccn2c1=O.CNCc1nc2c(O)c(Cl)cc(Cl)c2c(=O)n1C.Cc1noc(C)c1Cn1cnc2c(O)c(Cl)cc(Cl)c2c1=O.O=c1c2c(Cl)cc(Cl)c(O)c2ncn1Nc1ccc(F)cc1F.O=c1c2ccc(I)c(O)c2ncn1CC1CC1. The van der Waals surface area contributed by atoms with Gasteiger partial charge in [-0.15, -0.1) is 67.9 Å². The Morgan fingerprint density at radius 3 is 1.43 bits per heavy atom. The largest absolute Gasteiger partial charge is 0.505 e. The summed E-state index contributed by atoms with van der Waals surface area (Å²) in [5.41, 5.74) is 4.37. The quantitative estimate of drug-likeness (QED) is 0.0426. The molecule has 1 saturated carbocycles. The van der Waals surface area contributed by atoms with Gasteiger partial charge in [-0.05, 0) is 183 Å². The van der Waals surface area contributed by atoms with Crippen LogP contribution in [0.5, 0.6) is 46.0 Å². The van der Waals surface area contributed by atoms with E-state index >= 15 is 0 Å². The number of pyridine rings is 2. The van der Waals surface area contributed by atoms with E-state index in [4.69, 9.17) is 121 Å². The molecule has 11 heterocycles. The lowest BCUT2D eigenvalue weighted by atomic mass is 10.2. The minimum atomic E-state index is -0.887. The third-order valence-electron chi connectivity index (χ3n) is 21.9. The van der Waals surface area contributed by atoms with E-state index < -0.39 is 17.2 Å². The van der Waals surface area contributed by atoms with Crippen molar-refractivity contribution in [3.05, 3.63) is 321 Å². The molecular formula is C95H87Br4Cl10F2I2N19O17. The minimum absolute atomic E-state index is 0. The molecule has 54 heteroatoms. The van der Waals surface area contributed by atoms with Crippen LogP contribution < -0.4 is 55.2 Å². The molecule has 0 unspecified atom stereocenters. The maximum atomic E-state index is 13.7. The number of phenols is 6. The Balaban J connectivity index is 0.000000207. The van der Waals surface area contributed by atoms with Gasteiger partial charge < -0.3 is 50.7 Å². The number of aromatic hydroxyl groups is 8. The molecule has 0 bridgehead atoms. The summed E-state index contributed by atoms with van der Waals surface area (Å²) in [7, 11) is 3.34. The van der Waals surface area contributed by atoms with Crippen LogP contribution in [-0.4, -0.2) is 129 Å². The molecular weight excluding hydrogens is 2650 g/mol. The van der Waals surface area contributed by atoms with Crippen molar-refractivity contribution in [2.75, 3.05) is 12.5 Å². The predicted octanol–water partition coefficient (Wildman–Crippen LogP) is 21.5. The monoisotopic (exact) mass is 2720 g/mol. The molecule has 10 N–H and O–H groups in total. The van der Waals surface area contributed by atoms with E-state index in [1.165, 1.54) is 101 Å². The van der Waals surface area contributed by atoms with E-state index in [2.05, 4.69) is 55.8 Å². The van der Waals surface area contributed by atoms with Crippen LogP contribution in [-0.2, 0) is 52.6 Å². The first-order chi connectivity index (χ1) is 68.8. The van der Waals surface area contributed by atoms with E-state index in [0.29, 0.717) is 108 Å². The van der Waals surface area contributed by atoms with Crippen molar-refractivity contribution in [2.24, 2.45) is 18.9 Å². The number of hydrogen-bond donors (Lipinski definition) is 10. The molecule has 790 valence electrons. The number of nitrogens with zero attached hydrogens (tertiary/aromatic N) is 17. The lowest BCUT2D eigenvalue weighted by Crippen LogP contribution is -2.27. The van der Waals surface area contributed by atoms with Gasteiger partial charge in [-0.2, -0.15) is 0 Å². The highest BCUT2D eigenvalue weighted by atomic mass is 127. The maximum absolute atomic E-state index is 13.7. The van der Waals surface area contributed by atoms with Crippen molar-refractivity contribution in [1.82, 2.24) is 86.7 Å². The fourth-order valence-electron chi connectivity index (χ4n) is 14.3. The van der Waals surface area contributed by atoms with Crippen LogP contribution in [0.2, 0.25) is 50.2 Å². The van der Waals surface area contributed by atoms with E-state index in [1.54, 1.807) is 81.7 Å². The number of hydrogen-bond acceptors (Lipinski definition) is 28. The molecule has 0 amide bonds. The number of fused-ring (bicyclic) bond motifs is 8. The second kappa shape index (κ2) is 54.2. The van der Waals surface area contributed by atoms with Gasteiger partial charge in [0, 0.05) is 74.2 Å². The van der Waals surface area contributed by atoms with Crippen LogP contribution in [0.1, 0.15) is 94.3 Å². The molecule has 18 aromatic rings. The summed E-state index contributed by atoms with van der Waals surface area (Å²) in [5.74, 6) is -0.714. The highest BCUT2D eigenvalue weighted by Crippen LogP contribution is 2.41. The van der Waals surface area contributed by atoms with Gasteiger partial charge in [0.1, 0.15) is 56.8 Å². The van der Waals surface area contributed by atoms with Crippen molar-refractivity contribution < 1.29 is 54.2 Å². The third kappa shape index (κ3) is 28.0. The summed E-state index contributed by atoms with van der Waals surface area (Å²) in [4.78, 5) is 130. The molecule has 149 heavy (non-hydrogen) atoms. The number of aryl methyl sites for hydroxylation is 5. The zero-order valence-electron chi connectivity index (χ0n) is 78.9. The van der Waals surface area contributed by atoms with E-state index in [1.807, 2.05) is 79.8 Å². The standard InChI is InChI=1S/C14H7Cl2F2N3O2.C14H11Cl2N3O3.C12H12Cl2N2O2.C12H11IN2O2.C11H11Cl2N3O2.C11H10Cl2N2O2.C11H12N2O2.C10H9IN2O2.4BrH/c15-7-4-8(16)13(22)12-11(7)14(23)21(5-19-12)20-10-2-1-6(17)3-9(10)18;1-6-8(7(2)22-18-6)4-19-5-17-12-11(14(19)21)9(15)3-10(16)13(12)20;1-6(2)4-16-5-15-10-9(12(16)18)7(13)3-8(14)11(10)17;13-9-4-3-8-10(11(9)16)14-6-15(12(8)17)5-7-1-2-7;1-14-4-7-15-9-8(11(18)16(7)2)5(12)3-6(13)10(9)17;1-2-3-15-5-14-9-8(11(15)17)6(12)4-7(13)10(9)16;1-2-4-8-7-12-10-9(14)5-3-6-13(10)11(8)15;1-2-6-5-12-9-8(14)7(11)3-4-13(9)10(6)15;;;;/h1-5,20,22H;3,5,20H,4H2,1-2H3;3,5-6,17H,4H2,1-2H3;3-4,6-7,16H,1-2,5H2;3,14,17H,4H2,1-2H3;4-5,16H,2-3H2,1H3;3,5-7,14H,2,4H2,1H3;3-5,14H,2H2,1H3;4*1H. The van der Waals surface area contributed by atoms with Crippen LogP contribution in [0.4, 0.5) is 14.5 Å². The first-order valence-corrected chi connectivity index (χ1v) is 49.3. The highest BCUT2D eigenvalue weighted by Gasteiger charge is 2.26. The zero-order chi connectivity index (χ0) is 106. The Hall–Kier alpha value is -10.4. The first-order valence-electron chi connectivity index (χ1n) is 43.3. The molecule has 36 nitrogen and oxygen atoms in total. The molecule has 11 aromatic heterocycles. The summed E-state index contributed by atoms with van der Waals surface area (Å²) in [6, 6.07) is 17.7. The second-order valence-electron chi connectivity index (χ2n) is 32.5. The molecule has 7 aromatic carbocycles. The first kappa shape index (κ1) is 124. The number of phenolic OH excluding ortho intramolecular Hbond substituents is 6. The smallest absolute Gasteiger partial charge is 0.281 e. The summed E-state index contributed by atoms with van der Waals surface area (Å²) in [6.45, 7) is 15.9. The lowest BCUT2D eigenvalue weighted by Gasteiger charge is -2.12. The second-order valence-corrected chi connectivity index (χ2v) is 38.9. The molecule has 0 aliphatic heterocycles. The molecule has 0 spiro atoms. The summed E-state index contributed by atoms with van der Waals surface area (Å²) >= 11 is 63.0. The van der Waals surface area contributed by atoms with Gasteiger partial charge in [0.25, 0.3) is 44.5 Å². The molecule has 19 rings (SSSR count). The number of aromatic nitrogens is 17. The number of halogens is 18. The van der Waals surface area contributed by atoms with Crippen LogP contribution in [0.25, 0.3) is 76.7 Å². The van der Waals surface area contributed by atoms with Gasteiger partial charge >= 0.3 is 0 Å². The van der Waals surface area contributed by atoms with Gasteiger partial charge in [-0.25, -0.2) is 53.3 Å². The van der Waals surface area contributed by atoms with Gasteiger partial charge in [-0.1, -0.05) is 162 Å². The Bertz CT molecular complexity index is 8660. The van der Waals surface area contributed by atoms with Crippen molar-refractivity contribution in [3.63, 3.8) is 0 Å². The fourth-order valence-corrected chi connectivity index (χ4v) is 17.8. The van der Waals surface area contributed by atoms with Gasteiger partial charge in [0.2, 0.25) is 0 Å². The molecule has 1 aliphatic carbocycles. The molecule has 1 fully saturated rings. The van der Waals surface area contributed by atoms with E-state index in [-0.39, 0.29) is 270 Å². The van der Waals surface area contributed by atoms with E-state index in [0.717, 1.165) is 48.1 Å². The highest BCUT2D eigenvalue weighted by molar-refractivity contribution is 14.1. The molecule has 0 atom stereocenters. The normalized spacial score (nSPS) is 11.2. The fraction of sp³-hybridized carbons (Fsp3) is 0.232.